The predicted molar refractivity (Wildman–Crippen MR) is 241 cm³/mol. The molecule has 0 amide bonds. The number of nitrogens with zero attached hydrogens (tertiary/aromatic N) is 4. The lowest BCUT2D eigenvalue weighted by Crippen LogP contribution is -2.13. The van der Waals surface area contributed by atoms with Gasteiger partial charge in [0.1, 0.15) is 5.75 Å². The molecule has 4 aromatic heterocycles. The molecule has 5 nitrogen and oxygen atoms in total. The molecule has 0 bridgehead atoms. The zero-order valence-corrected chi connectivity index (χ0v) is 33.4. The molecule has 6 aromatic carbocycles. The standard InChI is InChI=1S/C53H44N4O/c1-34(2)58-52-44(36-15-7-6-8-16-36)31-39(53(3,4)5)32-45(52)37-25-23-35(24-26-37)38-29-40(56-46-19-11-9-17-42(46)50-48(56)21-13-27-54-50)33-41(30-38)57-47-20-12-10-18-43(47)51-49(57)22-14-28-55-51/h6-34H,1-5H3. The fraction of sp³-hybridized carbons (Fsp3) is 0.132. The lowest BCUT2D eigenvalue weighted by Gasteiger charge is -2.25. The molecule has 10 rings (SSSR count). The fourth-order valence-corrected chi connectivity index (χ4v) is 8.46. The number of ether oxygens (including phenoxy) is 1. The van der Waals surface area contributed by atoms with E-state index < -0.39 is 0 Å². The summed E-state index contributed by atoms with van der Waals surface area (Å²) in [5.41, 5.74) is 16.3. The number of para-hydroxylation sites is 2. The third-order valence-electron chi connectivity index (χ3n) is 11.2. The van der Waals surface area contributed by atoms with Crippen molar-refractivity contribution in [3.05, 3.63) is 176 Å². The third kappa shape index (κ3) is 6.02. The van der Waals surface area contributed by atoms with Crippen LogP contribution in [0.15, 0.2) is 170 Å². The lowest BCUT2D eigenvalue weighted by atomic mass is 9.82. The Labute approximate surface area is 338 Å². The summed E-state index contributed by atoms with van der Waals surface area (Å²) in [6.45, 7) is 11.0. The van der Waals surface area contributed by atoms with E-state index in [1.54, 1.807) is 0 Å². The van der Waals surface area contributed by atoms with Crippen LogP contribution in [-0.2, 0) is 5.41 Å². The minimum absolute atomic E-state index is 0.00855. The summed E-state index contributed by atoms with van der Waals surface area (Å²) >= 11 is 0. The van der Waals surface area contributed by atoms with Crippen molar-refractivity contribution >= 4 is 43.9 Å². The summed E-state index contributed by atoms with van der Waals surface area (Å²) < 4.78 is 11.4. The van der Waals surface area contributed by atoms with Gasteiger partial charge in [-0.2, -0.15) is 0 Å². The number of pyridine rings is 2. The molecule has 0 N–H and O–H groups in total. The molecule has 0 saturated carbocycles. The minimum atomic E-state index is -0.0594. The van der Waals surface area contributed by atoms with E-state index >= 15 is 0 Å². The first kappa shape index (κ1) is 35.4. The van der Waals surface area contributed by atoms with Gasteiger partial charge in [-0.1, -0.05) is 112 Å². The molecule has 0 atom stereocenters. The van der Waals surface area contributed by atoms with E-state index in [0.717, 1.165) is 94.4 Å². The monoisotopic (exact) mass is 752 g/mol. The molecule has 0 unspecified atom stereocenters. The quantitative estimate of drug-likeness (QED) is 0.163. The van der Waals surface area contributed by atoms with Crippen LogP contribution in [0.4, 0.5) is 0 Å². The van der Waals surface area contributed by atoms with Crippen LogP contribution >= 0.6 is 0 Å². The maximum atomic E-state index is 6.71. The molecule has 0 aliphatic heterocycles. The molecular weight excluding hydrogens is 709 g/mol. The highest BCUT2D eigenvalue weighted by atomic mass is 16.5. The van der Waals surface area contributed by atoms with Crippen molar-refractivity contribution in [3.8, 4) is 50.5 Å². The van der Waals surface area contributed by atoms with Crippen LogP contribution < -0.4 is 4.74 Å². The Morgan fingerprint density at radius 3 is 1.45 bits per heavy atom. The molecule has 0 aliphatic carbocycles. The Hall–Kier alpha value is -6.98. The van der Waals surface area contributed by atoms with Gasteiger partial charge in [-0.3, -0.25) is 9.97 Å². The van der Waals surface area contributed by atoms with E-state index in [1.807, 2.05) is 24.5 Å². The van der Waals surface area contributed by atoms with E-state index in [-0.39, 0.29) is 11.5 Å². The van der Waals surface area contributed by atoms with Crippen molar-refractivity contribution in [2.24, 2.45) is 0 Å². The molecule has 58 heavy (non-hydrogen) atoms. The normalized spacial score (nSPS) is 12.0. The van der Waals surface area contributed by atoms with Crippen LogP contribution in [0, 0.1) is 0 Å². The van der Waals surface area contributed by atoms with Gasteiger partial charge >= 0.3 is 0 Å². The second-order valence-electron chi connectivity index (χ2n) is 16.4. The molecule has 0 fully saturated rings. The number of fused-ring (bicyclic) bond motifs is 6. The Bertz CT molecular complexity index is 2910. The van der Waals surface area contributed by atoms with Gasteiger partial charge in [-0.15, -0.1) is 0 Å². The fourth-order valence-electron chi connectivity index (χ4n) is 8.46. The maximum Gasteiger partial charge on any atom is 0.135 e. The molecule has 10 aromatic rings. The largest absolute Gasteiger partial charge is 0.490 e. The van der Waals surface area contributed by atoms with Gasteiger partial charge < -0.3 is 13.9 Å². The average Bonchev–Trinajstić information content (AvgIpc) is 3.77. The summed E-state index contributed by atoms with van der Waals surface area (Å²) in [6.07, 6.45) is 3.77. The number of hydrogen-bond donors (Lipinski definition) is 0. The molecular formula is C53H44N4O. The van der Waals surface area contributed by atoms with E-state index in [4.69, 9.17) is 14.7 Å². The lowest BCUT2D eigenvalue weighted by molar-refractivity contribution is 0.244. The van der Waals surface area contributed by atoms with E-state index in [9.17, 15) is 0 Å². The Morgan fingerprint density at radius 2 is 0.931 bits per heavy atom. The molecule has 0 aliphatic rings. The minimum Gasteiger partial charge on any atom is -0.490 e. The van der Waals surface area contributed by atoms with Crippen LogP contribution in [0.5, 0.6) is 5.75 Å². The first-order valence-corrected chi connectivity index (χ1v) is 20.1. The highest BCUT2D eigenvalue weighted by Crippen LogP contribution is 2.44. The zero-order chi connectivity index (χ0) is 39.5. The maximum absolute atomic E-state index is 6.71. The zero-order valence-electron chi connectivity index (χ0n) is 33.4. The Balaban J connectivity index is 1.20. The van der Waals surface area contributed by atoms with Crippen LogP contribution in [0.3, 0.4) is 0 Å². The van der Waals surface area contributed by atoms with E-state index in [1.165, 1.54) is 5.56 Å². The SMILES string of the molecule is CC(C)Oc1c(-c2ccccc2)cc(C(C)(C)C)cc1-c1ccc(-c2cc(-n3c4ccccc4c4ncccc43)cc(-n3c4ccccc4c4ncccc43)c2)cc1. The second-order valence-corrected chi connectivity index (χ2v) is 16.4. The summed E-state index contributed by atoms with van der Waals surface area (Å²) in [5.74, 6) is 0.909. The highest BCUT2D eigenvalue weighted by molar-refractivity contribution is 6.08. The molecule has 4 heterocycles. The van der Waals surface area contributed by atoms with Gasteiger partial charge in [0.15, 0.2) is 0 Å². The molecule has 282 valence electrons. The summed E-state index contributed by atoms with van der Waals surface area (Å²) in [7, 11) is 0. The molecule has 0 saturated heterocycles. The van der Waals surface area contributed by atoms with Crippen molar-refractivity contribution in [3.63, 3.8) is 0 Å². The number of benzene rings is 6. The van der Waals surface area contributed by atoms with Crippen molar-refractivity contribution in [2.75, 3.05) is 0 Å². The average molecular weight is 753 g/mol. The molecule has 0 spiro atoms. The van der Waals surface area contributed by atoms with Crippen LogP contribution in [0.1, 0.15) is 40.2 Å². The number of rotatable bonds is 7. The summed E-state index contributed by atoms with van der Waals surface area (Å²) in [5, 5.41) is 2.25. The topological polar surface area (TPSA) is 44.9 Å². The highest BCUT2D eigenvalue weighted by Gasteiger charge is 2.23. The van der Waals surface area contributed by atoms with Gasteiger partial charge in [0.05, 0.1) is 39.2 Å². The van der Waals surface area contributed by atoms with Crippen molar-refractivity contribution < 1.29 is 4.74 Å². The van der Waals surface area contributed by atoms with Gasteiger partial charge in [0, 0.05) is 45.7 Å². The Kier molecular flexibility index (Phi) is 8.49. The molecule has 5 heteroatoms. The number of aromatic nitrogens is 4. The molecule has 0 radical (unpaired) electrons. The van der Waals surface area contributed by atoms with Gasteiger partial charge in [0.25, 0.3) is 0 Å². The second kappa shape index (κ2) is 13.9. The first-order valence-electron chi connectivity index (χ1n) is 20.1. The van der Waals surface area contributed by atoms with E-state index in [2.05, 4.69) is 189 Å². The van der Waals surface area contributed by atoms with Gasteiger partial charge in [-0.05, 0) is 114 Å². The summed E-state index contributed by atoms with van der Waals surface area (Å²) in [6, 6.07) is 56.7. The van der Waals surface area contributed by atoms with Crippen molar-refractivity contribution in [1.29, 1.82) is 0 Å². The van der Waals surface area contributed by atoms with E-state index in [0.29, 0.717) is 0 Å². The van der Waals surface area contributed by atoms with Crippen molar-refractivity contribution in [2.45, 2.75) is 46.1 Å². The van der Waals surface area contributed by atoms with Crippen LogP contribution in [-0.4, -0.2) is 25.2 Å². The van der Waals surface area contributed by atoms with Crippen LogP contribution in [0.2, 0.25) is 0 Å². The first-order chi connectivity index (χ1) is 28.2. The van der Waals surface area contributed by atoms with Crippen molar-refractivity contribution in [1.82, 2.24) is 19.1 Å². The predicted octanol–water partition coefficient (Wildman–Crippen LogP) is 13.8. The summed E-state index contributed by atoms with van der Waals surface area (Å²) in [4.78, 5) is 9.71. The van der Waals surface area contributed by atoms with Gasteiger partial charge in [-0.25, -0.2) is 0 Å². The van der Waals surface area contributed by atoms with Gasteiger partial charge in [0.2, 0.25) is 0 Å². The van der Waals surface area contributed by atoms with Crippen LogP contribution in [0.25, 0.3) is 88.6 Å². The third-order valence-corrected chi connectivity index (χ3v) is 11.2. The smallest absolute Gasteiger partial charge is 0.135 e. The number of hydrogen-bond acceptors (Lipinski definition) is 3. The Morgan fingerprint density at radius 1 is 0.466 bits per heavy atom.